The van der Waals surface area contributed by atoms with Crippen LogP contribution in [0.5, 0.6) is 0 Å². The first-order valence-corrected chi connectivity index (χ1v) is 17.1. The summed E-state index contributed by atoms with van der Waals surface area (Å²) in [6, 6.07) is 13.1. The number of nitrogens with one attached hydrogen (secondary N) is 2. The standard InChI is InChI=1S/C38H57N3O7/c1-9-11-12-13-17-24-41(34(44)31(26-42)40-36(46)48-38(6,7)8)32(29-22-20-27(10-2)21-23-29)33(43)39-30(35(45)47-37(3,4)5)25-28-18-15-14-16-19-28/h14-16,18-23,30-32,42H,9-13,17,24-26H2,1-8H3,(H,39,43)(H,40,46). The SMILES string of the molecule is CCCCCCCN(C(=O)C(CO)NC(=O)OC(C)(C)C)C(C(=O)NC(Cc1ccccc1)C(=O)OC(C)(C)C)c1ccc(CC)cc1. The zero-order chi connectivity index (χ0) is 35.9. The number of rotatable bonds is 17. The van der Waals surface area contributed by atoms with Crippen molar-refractivity contribution in [2.45, 2.75) is 130 Å². The van der Waals surface area contributed by atoms with Crippen LogP contribution in [-0.4, -0.2) is 70.3 Å². The highest BCUT2D eigenvalue weighted by Gasteiger charge is 2.38. The van der Waals surface area contributed by atoms with Gasteiger partial charge in [-0.2, -0.15) is 0 Å². The second kappa shape index (κ2) is 19.2. The summed E-state index contributed by atoms with van der Waals surface area (Å²) in [6.07, 6.45) is 4.53. The molecule has 3 unspecified atom stereocenters. The van der Waals surface area contributed by atoms with Gasteiger partial charge in [0.1, 0.15) is 29.3 Å². The normalized spacial score (nSPS) is 13.5. The van der Waals surface area contributed by atoms with Crippen LogP contribution in [0.25, 0.3) is 0 Å². The van der Waals surface area contributed by atoms with E-state index in [4.69, 9.17) is 9.47 Å². The lowest BCUT2D eigenvalue weighted by atomic mass is 9.98. The number of unbranched alkanes of at least 4 members (excludes halogenated alkanes) is 4. The first-order valence-electron chi connectivity index (χ1n) is 17.1. The first kappa shape index (κ1) is 40.3. The summed E-state index contributed by atoms with van der Waals surface area (Å²) in [6.45, 7) is 14.0. The predicted molar refractivity (Wildman–Crippen MR) is 187 cm³/mol. The molecular weight excluding hydrogens is 610 g/mol. The topological polar surface area (TPSA) is 134 Å². The van der Waals surface area contributed by atoms with Crippen LogP contribution in [0.4, 0.5) is 4.79 Å². The monoisotopic (exact) mass is 667 g/mol. The largest absolute Gasteiger partial charge is 0.458 e. The summed E-state index contributed by atoms with van der Waals surface area (Å²) in [4.78, 5) is 56.3. The number of aliphatic hydroxyl groups is 1. The van der Waals surface area contributed by atoms with Crippen LogP contribution in [0.3, 0.4) is 0 Å². The maximum atomic E-state index is 14.5. The van der Waals surface area contributed by atoms with E-state index < -0.39 is 59.8 Å². The van der Waals surface area contributed by atoms with Crippen molar-refractivity contribution in [2.24, 2.45) is 0 Å². The maximum Gasteiger partial charge on any atom is 0.408 e. The predicted octanol–water partition coefficient (Wildman–Crippen LogP) is 6.04. The molecule has 0 heterocycles. The Kier molecular flexibility index (Phi) is 16.1. The molecule has 0 saturated heterocycles. The molecule has 2 rings (SSSR count). The van der Waals surface area contributed by atoms with E-state index >= 15 is 0 Å². The summed E-state index contributed by atoms with van der Waals surface area (Å²) in [5.74, 6) is -1.82. The van der Waals surface area contributed by atoms with Gasteiger partial charge in [-0.25, -0.2) is 9.59 Å². The van der Waals surface area contributed by atoms with E-state index in [2.05, 4.69) is 17.6 Å². The molecule has 10 heteroatoms. The van der Waals surface area contributed by atoms with Gasteiger partial charge in [-0.15, -0.1) is 0 Å². The molecule has 0 saturated carbocycles. The average Bonchev–Trinajstić information content (AvgIpc) is 3.01. The van der Waals surface area contributed by atoms with Crippen molar-refractivity contribution >= 4 is 23.9 Å². The van der Waals surface area contributed by atoms with Crippen LogP contribution in [0.2, 0.25) is 0 Å². The highest BCUT2D eigenvalue weighted by molar-refractivity contribution is 5.94. The number of carbonyl (C=O) groups is 4. The van der Waals surface area contributed by atoms with Crippen molar-refractivity contribution in [3.8, 4) is 0 Å². The summed E-state index contributed by atoms with van der Waals surface area (Å²) in [5.41, 5.74) is 0.775. The molecule has 2 aromatic carbocycles. The summed E-state index contributed by atoms with van der Waals surface area (Å²) in [7, 11) is 0. The molecule has 0 fully saturated rings. The molecule has 0 bridgehead atoms. The van der Waals surface area contributed by atoms with Crippen LogP contribution in [0.1, 0.15) is 110 Å². The number of ether oxygens (including phenoxy) is 2. The third-order valence-electron chi connectivity index (χ3n) is 7.51. The van der Waals surface area contributed by atoms with E-state index in [9.17, 15) is 24.3 Å². The highest BCUT2D eigenvalue weighted by Crippen LogP contribution is 2.25. The number of hydrogen-bond donors (Lipinski definition) is 3. The highest BCUT2D eigenvalue weighted by atomic mass is 16.6. The van der Waals surface area contributed by atoms with Gasteiger partial charge in [-0.1, -0.05) is 94.1 Å². The molecule has 48 heavy (non-hydrogen) atoms. The van der Waals surface area contributed by atoms with Crippen molar-refractivity contribution in [1.29, 1.82) is 0 Å². The molecule has 3 amide bonds. The lowest BCUT2D eigenvalue weighted by Gasteiger charge is -2.35. The van der Waals surface area contributed by atoms with E-state index in [-0.39, 0.29) is 13.0 Å². The van der Waals surface area contributed by atoms with E-state index in [0.717, 1.165) is 43.2 Å². The Balaban J connectivity index is 2.59. The van der Waals surface area contributed by atoms with Crippen molar-refractivity contribution in [1.82, 2.24) is 15.5 Å². The molecule has 0 radical (unpaired) electrons. The summed E-state index contributed by atoms with van der Waals surface area (Å²) >= 11 is 0. The van der Waals surface area contributed by atoms with Gasteiger partial charge in [-0.05, 0) is 71.1 Å². The Labute approximate surface area is 287 Å². The molecule has 0 aliphatic heterocycles. The quantitative estimate of drug-likeness (QED) is 0.138. The van der Waals surface area contributed by atoms with Crippen LogP contribution in [0, 0.1) is 0 Å². The molecule has 0 spiro atoms. The van der Waals surface area contributed by atoms with E-state index in [1.54, 1.807) is 53.7 Å². The van der Waals surface area contributed by atoms with Gasteiger partial charge in [0.2, 0.25) is 11.8 Å². The van der Waals surface area contributed by atoms with Crippen LogP contribution in [0.15, 0.2) is 54.6 Å². The molecule has 3 N–H and O–H groups in total. The number of benzene rings is 2. The Hall–Kier alpha value is -3.92. The number of aliphatic hydroxyl groups excluding tert-OH is 1. The fourth-order valence-electron chi connectivity index (χ4n) is 5.16. The lowest BCUT2D eigenvalue weighted by molar-refractivity contribution is -0.159. The van der Waals surface area contributed by atoms with Gasteiger partial charge in [0.25, 0.3) is 0 Å². The van der Waals surface area contributed by atoms with E-state index in [1.165, 1.54) is 4.90 Å². The van der Waals surface area contributed by atoms with Crippen LogP contribution < -0.4 is 10.6 Å². The van der Waals surface area contributed by atoms with Crippen LogP contribution >= 0.6 is 0 Å². The second-order valence-electron chi connectivity index (χ2n) is 14.1. The van der Waals surface area contributed by atoms with E-state index in [0.29, 0.717) is 12.0 Å². The number of carbonyl (C=O) groups excluding carboxylic acids is 4. The maximum absolute atomic E-state index is 14.5. The Morgan fingerprint density at radius 3 is 1.90 bits per heavy atom. The molecule has 3 atom stereocenters. The van der Waals surface area contributed by atoms with Gasteiger partial charge in [-0.3, -0.25) is 9.59 Å². The van der Waals surface area contributed by atoms with Gasteiger partial charge in [0, 0.05) is 13.0 Å². The molecule has 2 aromatic rings. The fourth-order valence-corrected chi connectivity index (χ4v) is 5.16. The van der Waals surface area contributed by atoms with Crippen molar-refractivity contribution < 1.29 is 33.8 Å². The van der Waals surface area contributed by atoms with Gasteiger partial charge < -0.3 is 30.1 Å². The summed E-state index contributed by atoms with van der Waals surface area (Å²) in [5, 5.41) is 15.7. The Morgan fingerprint density at radius 1 is 0.750 bits per heavy atom. The molecule has 0 aliphatic rings. The third kappa shape index (κ3) is 14.1. The van der Waals surface area contributed by atoms with Crippen molar-refractivity contribution in [2.75, 3.05) is 13.2 Å². The Morgan fingerprint density at radius 2 is 1.35 bits per heavy atom. The van der Waals surface area contributed by atoms with Gasteiger partial charge >= 0.3 is 12.1 Å². The Bertz CT molecular complexity index is 1300. The lowest BCUT2D eigenvalue weighted by Crippen LogP contribution is -2.56. The second-order valence-corrected chi connectivity index (χ2v) is 14.1. The molecular formula is C38H57N3O7. The van der Waals surface area contributed by atoms with Crippen molar-refractivity contribution in [3.05, 3.63) is 71.3 Å². The number of amides is 3. The fraction of sp³-hybridized carbons (Fsp3) is 0.579. The minimum atomic E-state index is -1.37. The average molecular weight is 668 g/mol. The molecule has 0 aliphatic carbocycles. The smallest absolute Gasteiger partial charge is 0.408 e. The molecule has 266 valence electrons. The number of esters is 1. The zero-order valence-corrected chi connectivity index (χ0v) is 30.1. The number of aryl methyl sites for hydroxylation is 1. The minimum absolute atomic E-state index is 0.174. The van der Waals surface area contributed by atoms with Crippen LogP contribution in [-0.2, 0) is 36.7 Å². The molecule has 0 aromatic heterocycles. The van der Waals surface area contributed by atoms with Gasteiger partial charge in [0.15, 0.2) is 0 Å². The summed E-state index contributed by atoms with van der Waals surface area (Å²) < 4.78 is 11.1. The minimum Gasteiger partial charge on any atom is -0.458 e. The number of alkyl carbamates (subject to hydrolysis) is 1. The number of nitrogens with zero attached hydrogens (tertiary/aromatic N) is 1. The zero-order valence-electron chi connectivity index (χ0n) is 30.1. The van der Waals surface area contributed by atoms with Crippen molar-refractivity contribution in [3.63, 3.8) is 0 Å². The van der Waals surface area contributed by atoms with Gasteiger partial charge in [0.05, 0.1) is 6.61 Å². The number of hydrogen-bond acceptors (Lipinski definition) is 7. The first-order chi connectivity index (χ1) is 22.6. The molecule has 10 nitrogen and oxygen atoms in total. The third-order valence-corrected chi connectivity index (χ3v) is 7.51. The van der Waals surface area contributed by atoms with E-state index in [1.807, 2.05) is 49.4 Å².